The molecule has 0 aromatic carbocycles. The van der Waals surface area contributed by atoms with E-state index in [0.29, 0.717) is 0 Å². The van der Waals surface area contributed by atoms with Crippen LogP contribution in [0.1, 0.15) is 12.6 Å². The zero-order valence-corrected chi connectivity index (χ0v) is 11.2. The Morgan fingerprint density at radius 3 is 2.86 bits per heavy atom. The Hall–Kier alpha value is -2.62. The van der Waals surface area contributed by atoms with E-state index in [9.17, 15) is 19.5 Å². The monoisotopic (exact) mass is 311 g/mol. The van der Waals surface area contributed by atoms with Gasteiger partial charge in [-0.1, -0.05) is 5.11 Å². The molecule has 0 bridgehead atoms. The Balaban J connectivity index is 2.33. The molecule has 2 rings (SSSR count). The number of H-pyrrole nitrogens is 1. The number of aliphatic hydroxyl groups is 1. The summed E-state index contributed by atoms with van der Waals surface area (Å²) in [6.45, 7) is -0.176. The fourth-order valence-electron chi connectivity index (χ4n) is 2.38. The van der Waals surface area contributed by atoms with Crippen molar-refractivity contribution in [2.75, 3.05) is 6.54 Å². The number of nitrogens with zero attached hydrogens (tertiary/aromatic N) is 4. The molecule has 22 heavy (non-hydrogen) atoms. The van der Waals surface area contributed by atoms with E-state index in [4.69, 9.17) is 15.4 Å². The van der Waals surface area contributed by atoms with Gasteiger partial charge in [-0.3, -0.25) is 19.1 Å². The predicted octanol–water partition coefficient (Wildman–Crippen LogP) is -0.804. The molecule has 0 radical (unpaired) electrons. The van der Waals surface area contributed by atoms with Crippen LogP contribution in [0.25, 0.3) is 10.4 Å². The molecule has 11 heteroatoms. The van der Waals surface area contributed by atoms with Gasteiger partial charge in [0, 0.05) is 29.6 Å². The summed E-state index contributed by atoms with van der Waals surface area (Å²) in [5, 5.41) is 22.5. The van der Waals surface area contributed by atoms with E-state index in [2.05, 4.69) is 10.0 Å². The smallest absolute Gasteiger partial charge is 0.330 e. The van der Waals surface area contributed by atoms with Gasteiger partial charge in [-0.25, -0.2) is 4.79 Å². The summed E-state index contributed by atoms with van der Waals surface area (Å²) in [4.78, 5) is 38.2. The molecule has 1 aliphatic rings. The van der Waals surface area contributed by atoms with Gasteiger partial charge < -0.3 is 14.9 Å². The van der Waals surface area contributed by atoms with E-state index in [-0.39, 0.29) is 6.54 Å². The summed E-state index contributed by atoms with van der Waals surface area (Å²) in [5.41, 5.74) is 6.96. The third-order valence-electron chi connectivity index (χ3n) is 3.38. The minimum Gasteiger partial charge on any atom is -0.481 e. The van der Waals surface area contributed by atoms with E-state index >= 15 is 0 Å². The van der Waals surface area contributed by atoms with Crippen molar-refractivity contribution in [1.29, 1.82) is 0 Å². The number of carboxylic acid groups (broad SMARTS) is 1. The van der Waals surface area contributed by atoms with Crippen molar-refractivity contribution in [2.24, 2.45) is 11.0 Å². The zero-order chi connectivity index (χ0) is 16.3. The zero-order valence-electron chi connectivity index (χ0n) is 11.2. The van der Waals surface area contributed by atoms with Crippen molar-refractivity contribution in [3.63, 3.8) is 0 Å². The highest BCUT2D eigenvalue weighted by molar-refractivity contribution is 5.67. The molecule has 1 aromatic heterocycles. The number of rotatable bonds is 5. The van der Waals surface area contributed by atoms with Crippen LogP contribution >= 0.6 is 0 Å². The molecule has 1 saturated heterocycles. The van der Waals surface area contributed by atoms with E-state index in [0.717, 1.165) is 16.8 Å². The van der Waals surface area contributed by atoms with Crippen molar-refractivity contribution in [3.8, 4) is 0 Å². The highest BCUT2D eigenvalue weighted by Gasteiger charge is 2.45. The maximum atomic E-state index is 11.7. The van der Waals surface area contributed by atoms with Crippen molar-refractivity contribution in [1.82, 2.24) is 9.55 Å². The van der Waals surface area contributed by atoms with Gasteiger partial charge in [0.25, 0.3) is 5.56 Å². The van der Waals surface area contributed by atoms with Crippen molar-refractivity contribution in [3.05, 3.63) is 43.5 Å². The molecule has 3 N–H and O–H groups in total. The van der Waals surface area contributed by atoms with Crippen molar-refractivity contribution < 1.29 is 19.7 Å². The number of carboxylic acids is 1. The van der Waals surface area contributed by atoms with Gasteiger partial charge in [-0.15, -0.1) is 0 Å². The Morgan fingerprint density at radius 2 is 2.27 bits per heavy atom. The van der Waals surface area contributed by atoms with Gasteiger partial charge in [-0.05, 0) is 5.53 Å². The lowest BCUT2D eigenvalue weighted by atomic mass is 9.96. The summed E-state index contributed by atoms with van der Waals surface area (Å²) in [6.07, 6.45) is -2.65. The first-order chi connectivity index (χ1) is 10.4. The summed E-state index contributed by atoms with van der Waals surface area (Å²) in [7, 11) is 0. The van der Waals surface area contributed by atoms with Crippen LogP contribution in [0.2, 0.25) is 0 Å². The first kappa shape index (κ1) is 15.8. The highest BCUT2D eigenvalue weighted by atomic mass is 16.5. The third-order valence-corrected chi connectivity index (χ3v) is 3.38. The molecule has 11 nitrogen and oxygen atoms in total. The molecule has 2 unspecified atom stereocenters. The number of hydrogen-bond acceptors (Lipinski definition) is 6. The summed E-state index contributed by atoms with van der Waals surface area (Å²) >= 11 is 0. The van der Waals surface area contributed by atoms with Crippen LogP contribution in [0.4, 0.5) is 0 Å². The second-order valence-corrected chi connectivity index (χ2v) is 4.75. The van der Waals surface area contributed by atoms with Crippen LogP contribution < -0.4 is 11.2 Å². The summed E-state index contributed by atoms with van der Waals surface area (Å²) in [6, 6.07) is 1.07. The van der Waals surface area contributed by atoms with Crippen LogP contribution in [0.15, 0.2) is 27.0 Å². The average molecular weight is 311 g/mol. The first-order valence-corrected chi connectivity index (χ1v) is 6.31. The first-order valence-electron chi connectivity index (χ1n) is 6.31. The minimum atomic E-state index is -1.27. The Labute approximate surface area is 122 Å². The molecule has 0 amide bonds. The Kier molecular flexibility index (Phi) is 4.61. The molecule has 2 heterocycles. The lowest BCUT2D eigenvalue weighted by Gasteiger charge is -2.17. The summed E-state index contributed by atoms with van der Waals surface area (Å²) < 4.78 is 6.38. The maximum absolute atomic E-state index is 11.7. The highest BCUT2D eigenvalue weighted by Crippen LogP contribution is 2.35. The topological polar surface area (TPSA) is 170 Å². The normalized spacial score (nSPS) is 27.3. The molecule has 0 saturated carbocycles. The number of aromatic amines is 1. The van der Waals surface area contributed by atoms with Crippen molar-refractivity contribution >= 4 is 5.97 Å². The van der Waals surface area contributed by atoms with Gasteiger partial charge in [0.05, 0.1) is 12.5 Å². The average Bonchev–Trinajstić information content (AvgIpc) is 2.72. The second kappa shape index (κ2) is 6.43. The number of aromatic nitrogens is 2. The van der Waals surface area contributed by atoms with Crippen LogP contribution in [-0.4, -0.2) is 44.5 Å². The fourth-order valence-corrected chi connectivity index (χ4v) is 2.38. The lowest BCUT2D eigenvalue weighted by Crippen LogP contribution is -2.36. The molecule has 118 valence electrons. The minimum absolute atomic E-state index is 0.176. The van der Waals surface area contributed by atoms with Gasteiger partial charge in [-0.2, -0.15) is 0 Å². The van der Waals surface area contributed by atoms with Gasteiger partial charge >= 0.3 is 11.7 Å². The Morgan fingerprint density at radius 1 is 1.55 bits per heavy atom. The predicted molar refractivity (Wildman–Crippen MR) is 71.0 cm³/mol. The molecule has 1 aromatic rings. The Bertz CT molecular complexity index is 720. The van der Waals surface area contributed by atoms with Crippen LogP contribution in [0.3, 0.4) is 0 Å². The SMILES string of the molecule is [N-]=[N+]=NCC1C(O)[C@@H](n2ccc(=O)[nH]c2=O)O[C@H]1CC(=O)O. The van der Waals surface area contributed by atoms with Gasteiger partial charge in [0.2, 0.25) is 0 Å². The number of hydrogen-bond donors (Lipinski definition) is 3. The summed E-state index contributed by atoms with van der Waals surface area (Å²) in [5.74, 6) is -1.94. The molecule has 0 spiro atoms. The van der Waals surface area contributed by atoms with Gasteiger partial charge in [0.15, 0.2) is 6.23 Å². The number of aliphatic carboxylic acids is 1. The van der Waals surface area contributed by atoms with Crippen molar-refractivity contribution in [2.45, 2.75) is 24.9 Å². The lowest BCUT2D eigenvalue weighted by molar-refractivity contribution is -0.141. The van der Waals surface area contributed by atoms with E-state index in [1.165, 1.54) is 0 Å². The van der Waals surface area contributed by atoms with E-state index in [1.54, 1.807) is 0 Å². The third kappa shape index (κ3) is 3.17. The number of nitrogens with one attached hydrogen (secondary N) is 1. The number of aliphatic hydroxyl groups excluding tert-OH is 1. The molecule has 1 fully saturated rings. The maximum Gasteiger partial charge on any atom is 0.330 e. The number of carbonyl (C=O) groups is 1. The molecule has 0 aliphatic carbocycles. The molecular weight excluding hydrogens is 298 g/mol. The van der Waals surface area contributed by atoms with Crippen LogP contribution in [-0.2, 0) is 9.53 Å². The second-order valence-electron chi connectivity index (χ2n) is 4.75. The van der Waals surface area contributed by atoms with Crippen LogP contribution in [0.5, 0.6) is 0 Å². The van der Waals surface area contributed by atoms with Gasteiger partial charge in [0.1, 0.15) is 6.10 Å². The number of ether oxygens (including phenoxy) is 1. The largest absolute Gasteiger partial charge is 0.481 e. The molecular formula is C11H13N5O6. The fraction of sp³-hybridized carbons (Fsp3) is 0.545. The standard InChI is InChI=1S/C11H13N5O6/c12-15-13-4-5-6(3-8(18)19)22-10(9(5)20)16-2-1-7(17)14-11(16)21/h1-2,5-6,9-10,20H,3-4H2,(H,18,19)(H,14,17,21)/t5?,6-,9?,10-/m0/s1. The van der Waals surface area contributed by atoms with Crippen LogP contribution in [0, 0.1) is 5.92 Å². The number of azide groups is 1. The quantitative estimate of drug-likeness (QED) is 0.365. The van der Waals surface area contributed by atoms with E-state index in [1.807, 2.05) is 4.98 Å². The molecule has 1 aliphatic heterocycles. The van der Waals surface area contributed by atoms with E-state index < -0.39 is 48.0 Å². The molecule has 4 atom stereocenters.